The summed E-state index contributed by atoms with van der Waals surface area (Å²) in [6.07, 6.45) is 2.57. The van der Waals surface area contributed by atoms with Crippen LogP contribution in [-0.2, 0) is 16.4 Å². The van der Waals surface area contributed by atoms with Gasteiger partial charge in [0.15, 0.2) is 0 Å². The van der Waals surface area contributed by atoms with Crippen molar-refractivity contribution >= 4 is 15.8 Å². The topological polar surface area (TPSA) is 96.4 Å². The zero-order chi connectivity index (χ0) is 13.9. The van der Waals surface area contributed by atoms with Crippen LogP contribution in [0.15, 0.2) is 18.3 Å². The van der Waals surface area contributed by atoms with Crippen molar-refractivity contribution in [1.29, 1.82) is 0 Å². The smallest absolute Gasteiger partial charge is 0.337 e. The number of nitrogens with one attached hydrogen (secondary N) is 1. The molecule has 104 valence electrons. The van der Waals surface area contributed by atoms with E-state index in [2.05, 4.69) is 10.3 Å². The highest BCUT2D eigenvalue weighted by Gasteiger charge is 2.22. The first kappa shape index (κ1) is 14.0. The van der Waals surface area contributed by atoms with Crippen LogP contribution in [0.5, 0.6) is 0 Å². The van der Waals surface area contributed by atoms with Gasteiger partial charge in [-0.05, 0) is 25.0 Å². The van der Waals surface area contributed by atoms with Crippen LogP contribution in [-0.4, -0.2) is 42.0 Å². The number of aromatic carboxylic acids is 1. The Balaban J connectivity index is 1.84. The average molecular weight is 284 g/mol. The van der Waals surface area contributed by atoms with Crippen LogP contribution in [0.25, 0.3) is 0 Å². The summed E-state index contributed by atoms with van der Waals surface area (Å²) in [5, 5.41) is 12.0. The number of carboxylic acid groups (broad SMARTS) is 1. The monoisotopic (exact) mass is 284 g/mol. The van der Waals surface area contributed by atoms with E-state index in [0.717, 1.165) is 5.69 Å². The van der Waals surface area contributed by atoms with E-state index in [1.165, 1.54) is 12.3 Å². The summed E-state index contributed by atoms with van der Waals surface area (Å²) in [6, 6.07) is 3.36. The lowest BCUT2D eigenvalue weighted by molar-refractivity contribution is 0.0696. The Bertz CT molecular complexity index is 540. The summed E-state index contributed by atoms with van der Waals surface area (Å²) >= 11 is 0. The SMILES string of the molecule is O=C(O)c1ccc(CNC2CCS(=O)(=O)CC2)nc1. The van der Waals surface area contributed by atoms with Crippen molar-refractivity contribution in [2.45, 2.75) is 25.4 Å². The number of hydrogen-bond acceptors (Lipinski definition) is 5. The van der Waals surface area contributed by atoms with Crippen molar-refractivity contribution in [2.75, 3.05) is 11.5 Å². The second kappa shape index (κ2) is 5.66. The fourth-order valence-corrected chi connectivity index (χ4v) is 3.49. The summed E-state index contributed by atoms with van der Waals surface area (Å²) in [7, 11) is -2.83. The molecule has 1 aromatic heterocycles. The summed E-state index contributed by atoms with van der Waals surface area (Å²) in [6.45, 7) is 0.518. The lowest BCUT2D eigenvalue weighted by atomic mass is 10.1. The predicted molar refractivity (Wildman–Crippen MR) is 69.7 cm³/mol. The van der Waals surface area contributed by atoms with Crippen molar-refractivity contribution in [1.82, 2.24) is 10.3 Å². The molecule has 1 aliphatic rings. The minimum Gasteiger partial charge on any atom is -0.478 e. The van der Waals surface area contributed by atoms with E-state index >= 15 is 0 Å². The molecule has 2 N–H and O–H groups in total. The molecule has 0 radical (unpaired) electrons. The molecule has 2 rings (SSSR count). The third-order valence-electron chi connectivity index (χ3n) is 3.20. The zero-order valence-corrected chi connectivity index (χ0v) is 11.2. The maximum absolute atomic E-state index is 11.3. The molecule has 0 unspecified atom stereocenters. The highest BCUT2D eigenvalue weighted by molar-refractivity contribution is 7.91. The van der Waals surface area contributed by atoms with Crippen LogP contribution >= 0.6 is 0 Å². The molecule has 1 aliphatic heterocycles. The Hall–Kier alpha value is -1.47. The molecule has 0 aromatic carbocycles. The third-order valence-corrected chi connectivity index (χ3v) is 4.91. The first-order valence-corrected chi connectivity index (χ1v) is 7.90. The number of rotatable bonds is 4. The van der Waals surface area contributed by atoms with E-state index in [-0.39, 0.29) is 23.1 Å². The standard InChI is InChI=1S/C12H16N2O4S/c15-12(16)9-1-2-11(13-7-9)8-14-10-3-5-19(17,18)6-4-10/h1-2,7,10,14H,3-6,8H2,(H,15,16). The Morgan fingerprint density at radius 3 is 2.58 bits per heavy atom. The second-order valence-electron chi connectivity index (χ2n) is 4.65. The average Bonchev–Trinajstić information content (AvgIpc) is 2.38. The van der Waals surface area contributed by atoms with Crippen molar-refractivity contribution in [2.24, 2.45) is 0 Å². The number of hydrogen-bond donors (Lipinski definition) is 2. The van der Waals surface area contributed by atoms with Gasteiger partial charge in [-0.1, -0.05) is 0 Å². The molecule has 0 bridgehead atoms. The van der Waals surface area contributed by atoms with Crippen LogP contribution in [0.4, 0.5) is 0 Å². The minimum absolute atomic E-state index is 0.160. The zero-order valence-electron chi connectivity index (χ0n) is 10.4. The van der Waals surface area contributed by atoms with Gasteiger partial charge in [0.25, 0.3) is 0 Å². The molecule has 1 aromatic rings. The Kier molecular flexibility index (Phi) is 4.16. The summed E-state index contributed by atoms with van der Waals surface area (Å²) in [5.41, 5.74) is 0.908. The largest absolute Gasteiger partial charge is 0.478 e. The maximum Gasteiger partial charge on any atom is 0.337 e. The molecule has 1 saturated heterocycles. The molecular weight excluding hydrogens is 268 g/mol. The van der Waals surface area contributed by atoms with Crippen LogP contribution < -0.4 is 5.32 Å². The molecule has 0 saturated carbocycles. The third kappa shape index (κ3) is 4.00. The van der Waals surface area contributed by atoms with E-state index < -0.39 is 15.8 Å². The molecule has 1 fully saturated rings. The van der Waals surface area contributed by atoms with Gasteiger partial charge < -0.3 is 10.4 Å². The molecule has 2 heterocycles. The molecule has 7 heteroatoms. The summed E-state index contributed by atoms with van der Waals surface area (Å²) in [5.74, 6) is -0.531. The molecule has 19 heavy (non-hydrogen) atoms. The van der Waals surface area contributed by atoms with Crippen molar-refractivity contribution in [3.63, 3.8) is 0 Å². The van der Waals surface area contributed by atoms with Gasteiger partial charge in [0.1, 0.15) is 9.84 Å². The van der Waals surface area contributed by atoms with E-state index in [1.54, 1.807) is 6.07 Å². The van der Waals surface area contributed by atoms with Crippen LogP contribution in [0.3, 0.4) is 0 Å². The van der Waals surface area contributed by atoms with E-state index in [1.807, 2.05) is 0 Å². The summed E-state index contributed by atoms with van der Waals surface area (Å²) in [4.78, 5) is 14.7. The predicted octanol–water partition coefficient (Wildman–Crippen LogP) is 0.447. The normalized spacial score (nSPS) is 19.2. The Labute approximate surface area is 111 Å². The molecule has 0 atom stereocenters. The van der Waals surface area contributed by atoms with Crippen molar-refractivity contribution < 1.29 is 18.3 Å². The number of sulfone groups is 1. The van der Waals surface area contributed by atoms with E-state index in [4.69, 9.17) is 5.11 Å². The first-order valence-electron chi connectivity index (χ1n) is 6.08. The van der Waals surface area contributed by atoms with Crippen LogP contribution in [0, 0.1) is 0 Å². The van der Waals surface area contributed by atoms with Crippen LogP contribution in [0.2, 0.25) is 0 Å². The number of carbonyl (C=O) groups is 1. The van der Waals surface area contributed by atoms with Gasteiger partial charge in [-0.15, -0.1) is 0 Å². The minimum atomic E-state index is -2.83. The Morgan fingerprint density at radius 2 is 2.05 bits per heavy atom. The van der Waals surface area contributed by atoms with Gasteiger partial charge in [-0.25, -0.2) is 13.2 Å². The van der Waals surface area contributed by atoms with Gasteiger partial charge in [0, 0.05) is 18.8 Å². The lowest BCUT2D eigenvalue weighted by Gasteiger charge is -2.22. The highest BCUT2D eigenvalue weighted by atomic mass is 32.2. The Morgan fingerprint density at radius 1 is 1.37 bits per heavy atom. The number of nitrogens with zero attached hydrogens (tertiary/aromatic N) is 1. The van der Waals surface area contributed by atoms with Gasteiger partial charge in [-0.2, -0.15) is 0 Å². The molecule has 0 amide bonds. The van der Waals surface area contributed by atoms with E-state index in [9.17, 15) is 13.2 Å². The molecule has 6 nitrogen and oxygen atoms in total. The highest BCUT2D eigenvalue weighted by Crippen LogP contribution is 2.12. The van der Waals surface area contributed by atoms with Gasteiger partial charge in [0.05, 0.1) is 22.8 Å². The fraction of sp³-hybridized carbons (Fsp3) is 0.500. The number of pyridine rings is 1. The quantitative estimate of drug-likeness (QED) is 0.833. The first-order chi connectivity index (χ1) is 8.96. The van der Waals surface area contributed by atoms with Gasteiger partial charge in [0.2, 0.25) is 0 Å². The molecular formula is C12H16N2O4S. The fourth-order valence-electron chi connectivity index (χ4n) is 2.00. The maximum atomic E-state index is 11.3. The molecule has 0 aliphatic carbocycles. The van der Waals surface area contributed by atoms with Gasteiger partial charge in [-0.3, -0.25) is 4.98 Å². The summed E-state index contributed by atoms with van der Waals surface area (Å²) < 4.78 is 22.6. The van der Waals surface area contributed by atoms with Crippen molar-refractivity contribution in [3.05, 3.63) is 29.6 Å². The van der Waals surface area contributed by atoms with Gasteiger partial charge >= 0.3 is 5.97 Å². The lowest BCUT2D eigenvalue weighted by Crippen LogP contribution is -2.37. The second-order valence-corrected chi connectivity index (χ2v) is 6.95. The van der Waals surface area contributed by atoms with E-state index in [0.29, 0.717) is 19.4 Å². The van der Waals surface area contributed by atoms with Crippen LogP contribution in [0.1, 0.15) is 28.9 Å². The number of carboxylic acids is 1. The number of aromatic nitrogens is 1. The van der Waals surface area contributed by atoms with Crippen molar-refractivity contribution in [3.8, 4) is 0 Å². The molecule has 0 spiro atoms.